The molecule has 27 heavy (non-hydrogen) atoms. The van der Waals surface area contributed by atoms with E-state index in [1.165, 1.54) is 5.56 Å². The van der Waals surface area contributed by atoms with Crippen LogP contribution in [0, 0.1) is 0 Å². The van der Waals surface area contributed by atoms with Crippen molar-refractivity contribution in [3.63, 3.8) is 0 Å². The van der Waals surface area contributed by atoms with Crippen LogP contribution in [0.15, 0.2) is 54.6 Å². The van der Waals surface area contributed by atoms with Crippen LogP contribution in [-0.2, 0) is 4.79 Å². The van der Waals surface area contributed by atoms with E-state index in [0.29, 0.717) is 0 Å². The molecular weight excluding hydrogens is 361 g/mol. The van der Waals surface area contributed by atoms with Crippen LogP contribution in [0.2, 0.25) is 0 Å². The second-order valence-corrected chi connectivity index (χ2v) is 5.79. The molecule has 2 aromatic rings. The number of carbonyl (C=O) groups is 2. The van der Waals surface area contributed by atoms with Crippen molar-refractivity contribution in [1.29, 1.82) is 0 Å². The lowest BCUT2D eigenvalue weighted by molar-refractivity contribution is -0.192. The minimum atomic E-state index is -5.08. The molecule has 0 aromatic heterocycles. The zero-order valence-corrected chi connectivity index (χ0v) is 14.4. The minimum absolute atomic E-state index is 0.131. The van der Waals surface area contributed by atoms with E-state index in [1.54, 1.807) is 0 Å². The van der Waals surface area contributed by atoms with Gasteiger partial charge in [-0.15, -0.1) is 0 Å². The second-order valence-electron chi connectivity index (χ2n) is 5.79. The van der Waals surface area contributed by atoms with Gasteiger partial charge in [0.05, 0.1) is 0 Å². The Kier molecular flexibility index (Phi) is 6.95. The quantitative estimate of drug-likeness (QED) is 0.840. The summed E-state index contributed by atoms with van der Waals surface area (Å²) in [5.41, 5.74) is 3.09. The van der Waals surface area contributed by atoms with E-state index in [2.05, 4.69) is 17.4 Å². The number of aliphatic carboxylic acids is 1. The van der Waals surface area contributed by atoms with E-state index < -0.39 is 12.1 Å². The lowest BCUT2D eigenvalue weighted by Crippen LogP contribution is -2.46. The maximum atomic E-state index is 12.3. The lowest BCUT2D eigenvalue weighted by atomic mass is 10.0. The molecule has 0 saturated carbocycles. The number of halogens is 3. The van der Waals surface area contributed by atoms with Gasteiger partial charge in [0.2, 0.25) is 0 Å². The number of carbonyl (C=O) groups excluding carboxylic acids is 1. The molecule has 1 amide bonds. The van der Waals surface area contributed by atoms with E-state index in [0.717, 1.165) is 37.3 Å². The van der Waals surface area contributed by atoms with Gasteiger partial charge in [0.15, 0.2) is 0 Å². The van der Waals surface area contributed by atoms with Crippen molar-refractivity contribution in [2.24, 2.45) is 0 Å². The molecule has 2 N–H and O–H groups in total. The molecule has 2 aromatic carbocycles. The van der Waals surface area contributed by atoms with Gasteiger partial charge in [0.25, 0.3) is 5.91 Å². The zero-order valence-electron chi connectivity index (χ0n) is 14.4. The number of nitrogens with zero attached hydrogens (tertiary/aromatic N) is 1. The van der Waals surface area contributed by atoms with E-state index in [4.69, 9.17) is 9.90 Å². The van der Waals surface area contributed by atoms with Crippen LogP contribution in [0.4, 0.5) is 13.2 Å². The number of piperazine rings is 1. The summed E-state index contributed by atoms with van der Waals surface area (Å²) < 4.78 is 31.7. The highest BCUT2D eigenvalue weighted by atomic mass is 19.4. The number of carboxylic acid groups (broad SMARTS) is 1. The van der Waals surface area contributed by atoms with Crippen molar-refractivity contribution in [2.45, 2.75) is 6.18 Å². The minimum Gasteiger partial charge on any atom is -0.475 e. The Balaban J connectivity index is 0.000000321. The monoisotopic (exact) mass is 380 g/mol. The summed E-state index contributed by atoms with van der Waals surface area (Å²) >= 11 is 0. The van der Waals surface area contributed by atoms with Crippen molar-refractivity contribution in [1.82, 2.24) is 10.2 Å². The summed E-state index contributed by atoms with van der Waals surface area (Å²) in [6.45, 7) is 3.35. The number of alkyl halides is 3. The largest absolute Gasteiger partial charge is 0.490 e. The smallest absolute Gasteiger partial charge is 0.475 e. The van der Waals surface area contributed by atoms with Gasteiger partial charge < -0.3 is 15.3 Å². The maximum Gasteiger partial charge on any atom is 0.490 e. The first-order valence-electron chi connectivity index (χ1n) is 8.24. The summed E-state index contributed by atoms with van der Waals surface area (Å²) in [6.07, 6.45) is -5.08. The van der Waals surface area contributed by atoms with Crippen LogP contribution in [0.1, 0.15) is 10.4 Å². The van der Waals surface area contributed by atoms with Crippen molar-refractivity contribution in [2.75, 3.05) is 26.2 Å². The number of rotatable bonds is 2. The summed E-state index contributed by atoms with van der Waals surface area (Å²) in [4.78, 5) is 23.2. The second kappa shape index (κ2) is 9.18. The maximum absolute atomic E-state index is 12.3. The molecule has 1 aliphatic heterocycles. The van der Waals surface area contributed by atoms with E-state index >= 15 is 0 Å². The standard InChI is InChI=1S/C17H18N2O.C2HF3O2/c20-17(19-12-10-18-11-13-19)16-8-6-15(7-9-16)14-4-2-1-3-5-14;3-2(4,5)1(6)7/h1-9,18H,10-13H2;(H,6,7). The van der Waals surface area contributed by atoms with Gasteiger partial charge in [-0.25, -0.2) is 4.79 Å². The summed E-state index contributed by atoms with van der Waals surface area (Å²) in [5, 5.41) is 10.4. The predicted molar refractivity (Wildman–Crippen MR) is 94.3 cm³/mol. The third-order valence-electron chi connectivity index (χ3n) is 3.89. The molecule has 0 bridgehead atoms. The molecule has 0 spiro atoms. The number of amides is 1. The van der Waals surface area contributed by atoms with Crippen LogP contribution in [0.25, 0.3) is 11.1 Å². The fraction of sp³-hybridized carbons (Fsp3) is 0.263. The van der Waals surface area contributed by atoms with Gasteiger partial charge in [0, 0.05) is 31.7 Å². The summed E-state index contributed by atoms with van der Waals surface area (Å²) in [6, 6.07) is 18.1. The molecule has 8 heteroatoms. The van der Waals surface area contributed by atoms with Crippen LogP contribution in [0.5, 0.6) is 0 Å². The van der Waals surface area contributed by atoms with Crippen molar-refractivity contribution in [3.8, 4) is 11.1 Å². The Morgan fingerprint density at radius 1 is 0.889 bits per heavy atom. The molecule has 0 radical (unpaired) electrons. The lowest BCUT2D eigenvalue weighted by Gasteiger charge is -2.27. The number of carboxylic acids is 1. The Bertz CT molecular complexity index is 756. The van der Waals surface area contributed by atoms with Crippen molar-refractivity contribution >= 4 is 11.9 Å². The van der Waals surface area contributed by atoms with E-state index in [-0.39, 0.29) is 5.91 Å². The topological polar surface area (TPSA) is 69.6 Å². The highest BCUT2D eigenvalue weighted by Crippen LogP contribution is 2.20. The molecule has 0 aliphatic carbocycles. The fourth-order valence-corrected chi connectivity index (χ4v) is 2.49. The third kappa shape index (κ3) is 6.10. The van der Waals surface area contributed by atoms with Crippen molar-refractivity contribution < 1.29 is 27.9 Å². The Hall–Kier alpha value is -2.87. The van der Waals surface area contributed by atoms with Crippen molar-refractivity contribution in [3.05, 3.63) is 60.2 Å². The van der Waals surface area contributed by atoms with Gasteiger partial charge in [-0.3, -0.25) is 4.79 Å². The Morgan fingerprint density at radius 2 is 1.37 bits per heavy atom. The zero-order chi connectivity index (χ0) is 19.9. The molecular formula is C19H19F3N2O3. The summed E-state index contributed by atoms with van der Waals surface area (Å²) in [7, 11) is 0. The van der Waals surface area contributed by atoms with Gasteiger partial charge >= 0.3 is 12.1 Å². The fourth-order valence-electron chi connectivity index (χ4n) is 2.49. The van der Waals surface area contributed by atoms with Gasteiger partial charge in [-0.2, -0.15) is 13.2 Å². The number of nitrogens with one attached hydrogen (secondary N) is 1. The average Bonchev–Trinajstić information content (AvgIpc) is 2.69. The first kappa shape index (κ1) is 20.4. The Labute approximate surface area is 154 Å². The number of hydrogen-bond acceptors (Lipinski definition) is 3. The van der Waals surface area contributed by atoms with Crippen LogP contribution in [0.3, 0.4) is 0 Å². The number of benzene rings is 2. The molecule has 1 aliphatic rings. The van der Waals surface area contributed by atoms with E-state index in [9.17, 15) is 18.0 Å². The molecule has 1 fully saturated rings. The highest BCUT2D eigenvalue weighted by molar-refractivity contribution is 5.94. The molecule has 0 atom stereocenters. The normalized spacial score (nSPS) is 14.1. The number of hydrogen-bond donors (Lipinski definition) is 2. The van der Waals surface area contributed by atoms with Gasteiger partial charge in [-0.05, 0) is 23.3 Å². The molecule has 3 rings (SSSR count). The predicted octanol–water partition coefficient (Wildman–Crippen LogP) is 3.03. The van der Waals surface area contributed by atoms with E-state index in [1.807, 2.05) is 47.4 Å². The Morgan fingerprint density at radius 3 is 1.85 bits per heavy atom. The first-order valence-corrected chi connectivity index (χ1v) is 8.24. The third-order valence-corrected chi connectivity index (χ3v) is 3.89. The summed E-state index contributed by atoms with van der Waals surface area (Å²) in [5.74, 6) is -2.63. The highest BCUT2D eigenvalue weighted by Gasteiger charge is 2.38. The molecule has 144 valence electrons. The molecule has 1 saturated heterocycles. The SMILES string of the molecule is O=C(O)C(F)(F)F.O=C(c1ccc(-c2ccccc2)cc1)N1CCNCC1. The average molecular weight is 380 g/mol. The molecule has 5 nitrogen and oxygen atoms in total. The first-order chi connectivity index (χ1) is 12.8. The van der Waals surface area contributed by atoms with Crippen LogP contribution in [-0.4, -0.2) is 54.2 Å². The van der Waals surface area contributed by atoms with Gasteiger partial charge in [0.1, 0.15) is 0 Å². The van der Waals surface area contributed by atoms with Gasteiger partial charge in [-0.1, -0.05) is 42.5 Å². The molecule has 1 heterocycles. The van der Waals surface area contributed by atoms with Crippen LogP contribution >= 0.6 is 0 Å². The molecule has 0 unspecified atom stereocenters. The van der Waals surface area contributed by atoms with Crippen LogP contribution < -0.4 is 5.32 Å².